The number of benzene rings is 2. The molecule has 2 aromatic carbocycles. The largest absolute Gasteiger partial charge is 0.507 e. The van der Waals surface area contributed by atoms with Crippen molar-refractivity contribution < 1.29 is 37.3 Å². The van der Waals surface area contributed by atoms with Gasteiger partial charge in [0, 0.05) is 44.0 Å². The van der Waals surface area contributed by atoms with Crippen molar-refractivity contribution >= 4 is 5.91 Å². The molecule has 2 atom stereocenters. The van der Waals surface area contributed by atoms with Crippen LogP contribution in [0.2, 0.25) is 0 Å². The van der Waals surface area contributed by atoms with Crippen LogP contribution in [0.5, 0.6) is 11.5 Å². The lowest BCUT2D eigenvalue weighted by Crippen LogP contribution is -2.61. The lowest BCUT2D eigenvalue weighted by molar-refractivity contribution is 0.0576. The van der Waals surface area contributed by atoms with Crippen LogP contribution in [0, 0.1) is 23.3 Å². The predicted molar refractivity (Wildman–Crippen MR) is 133 cm³/mol. The lowest BCUT2D eigenvalue weighted by atomic mass is 9.95. The first-order valence-corrected chi connectivity index (χ1v) is 12.3. The highest BCUT2D eigenvalue weighted by Gasteiger charge is 2.42. The number of fused-ring (bicyclic) bond motifs is 1. The fraction of sp³-hybridized carbons (Fsp3) is 0.333. The highest BCUT2D eigenvalue weighted by atomic mass is 19.2. The molecule has 12 heteroatoms. The molecule has 39 heavy (non-hydrogen) atoms. The van der Waals surface area contributed by atoms with Gasteiger partial charge in [0.25, 0.3) is 5.91 Å². The van der Waals surface area contributed by atoms with Gasteiger partial charge in [-0.1, -0.05) is 19.4 Å². The normalized spacial score (nSPS) is 15.9. The second-order valence-corrected chi connectivity index (χ2v) is 9.09. The minimum absolute atomic E-state index is 0.000928. The first-order valence-electron chi connectivity index (χ1n) is 12.3. The summed E-state index contributed by atoms with van der Waals surface area (Å²) in [6, 6.07) is 3.88. The van der Waals surface area contributed by atoms with E-state index in [0.717, 1.165) is 24.6 Å². The summed E-state index contributed by atoms with van der Waals surface area (Å²) in [7, 11) is 1.40. The zero-order valence-electron chi connectivity index (χ0n) is 21.2. The minimum atomic E-state index is -1.37. The van der Waals surface area contributed by atoms with E-state index in [1.807, 2.05) is 6.92 Å². The van der Waals surface area contributed by atoms with Crippen LogP contribution in [0.4, 0.5) is 17.6 Å². The third kappa shape index (κ3) is 5.16. The molecule has 4 rings (SSSR count). The number of halogens is 4. The summed E-state index contributed by atoms with van der Waals surface area (Å²) in [4.78, 5) is 27.5. The van der Waals surface area contributed by atoms with Crippen LogP contribution in [0.25, 0.3) is 0 Å². The van der Waals surface area contributed by atoms with E-state index < -0.39 is 59.2 Å². The molecule has 1 aliphatic heterocycles. The van der Waals surface area contributed by atoms with Gasteiger partial charge in [0.05, 0.1) is 6.61 Å². The molecule has 0 saturated carbocycles. The average Bonchev–Trinajstić information content (AvgIpc) is 2.90. The van der Waals surface area contributed by atoms with E-state index >= 15 is 0 Å². The molecular weight excluding hydrogens is 522 g/mol. The molecule has 1 amide bonds. The molecule has 2 N–H and O–H groups in total. The number of unbranched alkanes of at least 4 members (excludes halogenated alkanes) is 1. The minimum Gasteiger partial charge on any atom is -0.507 e. The number of amides is 1. The number of carbonyl (C=O) groups excluding carboxylic acids is 1. The van der Waals surface area contributed by atoms with Crippen molar-refractivity contribution in [2.75, 3.05) is 25.3 Å². The molecule has 0 aliphatic carbocycles. The Hall–Kier alpha value is -4.06. The number of aliphatic hydroxyl groups excluding tert-OH is 1. The van der Waals surface area contributed by atoms with Crippen molar-refractivity contribution in [1.29, 1.82) is 0 Å². The van der Waals surface area contributed by atoms with E-state index in [0.29, 0.717) is 18.6 Å². The van der Waals surface area contributed by atoms with Crippen LogP contribution in [0.1, 0.15) is 53.8 Å². The SMILES string of the molecule is CCCCOc1c2n(ccc1=O)N(C(c1ccc(F)c(F)c1)c1cc(F)c(F)cc1O)C(CCO)N(C)C2=O. The summed E-state index contributed by atoms with van der Waals surface area (Å²) >= 11 is 0. The first-order chi connectivity index (χ1) is 18.6. The number of aromatic nitrogens is 1. The molecule has 0 fully saturated rings. The van der Waals surface area contributed by atoms with E-state index in [1.54, 1.807) is 0 Å². The number of nitrogens with zero attached hydrogens (tertiary/aromatic N) is 3. The molecule has 208 valence electrons. The number of phenols is 1. The summed E-state index contributed by atoms with van der Waals surface area (Å²) < 4.78 is 63.8. The topological polar surface area (TPSA) is 95.2 Å². The van der Waals surface area contributed by atoms with Crippen LogP contribution in [-0.2, 0) is 0 Å². The van der Waals surface area contributed by atoms with E-state index in [2.05, 4.69) is 0 Å². The fourth-order valence-corrected chi connectivity index (χ4v) is 4.64. The van der Waals surface area contributed by atoms with Gasteiger partial charge in [-0.2, -0.15) is 0 Å². The molecule has 1 aromatic heterocycles. The quantitative estimate of drug-likeness (QED) is 0.312. The van der Waals surface area contributed by atoms with Crippen molar-refractivity contribution in [2.45, 2.75) is 38.4 Å². The molecule has 2 unspecified atom stereocenters. The highest BCUT2D eigenvalue weighted by Crippen LogP contribution is 2.39. The number of hydrogen-bond donors (Lipinski definition) is 2. The van der Waals surface area contributed by atoms with Gasteiger partial charge in [0.1, 0.15) is 18.0 Å². The summed E-state index contributed by atoms with van der Waals surface area (Å²) in [5.74, 6) is -6.66. The van der Waals surface area contributed by atoms with Gasteiger partial charge >= 0.3 is 0 Å². The van der Waals surface area contributed by atoms with Crippen molar-refractivity contribution in [3.05, 3.63) is 92.9 Å². The maximum Gasteiger partial charge on any atom is 0.277 e. The maximum atomic E-state index is 14.5. The number of rotatable bonds is 9. The first kappa shape index (κ1) is 28.0. The molecule has 3 aromatic rings. The highest BCUT2D eigenvalue weighted by molar-refractivity contribution is 5.96. The van der Waals surface area contributed by atoms with Crippen molar-refractivity contribution in [2.24, 2.45) is 0 Å². The van der Waals surface area contributed by atoms with Gasteiger partial charge in [0.2, 0.25) is 5.43 Å². The molecule has 0 bridgehead atoms. The number of aromatic hydroxyl groups is 1. The fourth-order valence-electron chi connectivity index (χ4n) is 4.64. The lowest BCUT2D eigenvalue weighted by Gasteiger charge is -2.49. The van der Waals surface area contributed by atoms with Crippen LogP contribution < -0.4 is 15.2 Å². The van der Waals surface area contributed by atoms with Gasteiger partial charge < -0.3 is 19.8 Å². The number of hydrogen-bond acceptors (Lipinski definition) is 6. The Bertz CT molecular complexity index is 1450. The number of carbonyl (C=O) groups is 1. The van der Waals surface area contributed by atoms with Crippen molar-refractivity contribution in [3.63, 3.8) is 0 Å². The van der Waals surface area contributed by atoms with Gasteiger partial charge in [-0.05, 0) is 30.2 Å². The average molecular weight is 550 g/mol. The summed E-state index contributed by atoms with van der Waals surface area (Å²) in [6.07, 6.45) is 1.51. The predicted octanol–water partition coefficient (Wildman–Crippen LogP) is 3.81. The Kier molecular flexibility index (Phi) is 8.14. The van der Waals surface area contributed by atoms with Gasteiger partial charge in [-0.15, -0.1) is 0 Å². The van der Waals surface area contributed by atoms with Gasteiger partial charge in [-0.25, -0.2) is 17.6 Å². The molecule has 0 saturated heterocycles. The monoisotopic (exact) mass is 549 g/mol. The smallest absolute Gasteiger partial charge is 0.277 e. The third-order valence-corrected chi connectivity index (χ3v) is 6.58. The van der Waals surface area contributed by atoms with E-state index in [1.165, 1.54) is 33.9 Å². The Morgan fingerprint density at radius 3 is 2.36 bits per heavy atom. The van der Waals surface area contributed by atoms with E-state index in [9.17, 15) is 37.4 Å². The summed E-state index contributed by atoms with van der Waals surface area (Å²) in [6.45, 7) is 1.62. The van der Waals surface area contributed by atoms with Gasteiger partial charge in [0.15, 0.2) is 34.7 Å². The summed E-state index contributed by atoms with van der Waals surface area (Å²) in [5.41, 5.74) is -1.03. The Morgan fingerprint density at radius 1 is 1.00 bits per heavy atom. The Balaban J connectivity index is 2.05. The number of phenolic OH excluding ortho intramolecular Hbond substituents is 1. The van der Waals surface area contributed by atoms with Crippen LogP contribution >= 0.6 is 0 Å². The van der Waals surface area contributed by atoms with Crippen molar-refractivity contribution in [3.8, 4) is 11.5 Å². The third-order valence-electron chi connectivity index (χ3n) is 6.58. The number of aliphatic hydroxyl groups is 1. The zero-order chi connectivity index (χ0) is 28.4. The second-order valence-electron chi connectivity index (χ2n) is 9.09. The van der Waals surface area contributed by atoms with Crippen LogP contribution in [0.3, 0.4) is 0 Å². The molecular formula is C27H27F4N3O5. The van der Waals surface area contributed by atoms with Gasteiger partial charge in [-0.3, -0.25) is 19.3 Å². The molecule has 0 spiro atoms. The number of ether oxygens (including phenoxy) is 1. The van der Waals surface area contributed by atoms with E-state index in [-0.39, 0.29) is 35.6 Å². The van der Waals surface area contributed by atoms with Crippen LogP contribution in [0.15, 0.2) is 47.4 Å². The van der Waals surface area contributed by atoms with E-state index in [4.69, 9.17) is 4.74 Å². The number of pyridine rings is 1. The second kappa shape index (κ2) is 11.4. The molecule has 8 nitrogen and oxygen atoms in total. The Morgan fingerprint density at radius 2 is 1.69 bits per heavy atom. The Labute approximate surface area is 221 Å². The van der Waals surface area contributed by atoms with Crippen molar-refractivity contribution in [1.82, 2.24) is 9.58 Å². The maximum absolute atomic E-state index is 14.5. The molecule has 1 aliphatic rings. The molecule has 0 radical (unpaired) electrons. The zero-order valence-corrected chi connectivity index (χ0v) is 21.2. The molecule has 2 heterocycles. The standard InChI is InChI=1S/C27H27F4N3O5/c1-3-4-11-39-26-21(36)7-9-33-25(26)27(38)32(2)23(8-10-35)34(33)24(15-5-6-17(28)18(29)12-15)16-13-19(30)20(31)14-22(16)37/h5-7,9,12-14,23-24,35,37H,3-4,8,10-11H2,1-2H3. The van der Waals surface area contributed by atoms with Crippen LogP contribution in [-0.4, -0.2) is 52.1 Å². The summed E-state index contributed by atoms with van der Waals surface area (Å²) in [5, 5.41) is 21.9.